The molecule has 0 aliphatic rings. The van der Waals surface area contributed by atoms with E-state index in [0.717, 1.165) is 23.5 Å². The Kier molecular flexibility index (Phi) is 6.04. The zero-order valence-electron chi connectivity index (χ0n) is 14.4. The second-order valence-electron chi connectivity index (χ2n) is 5.08. The Morgan fingerprint density at radius 3 is 2.23 bits per heavy atom. The van der Waals surface area contributed by atoms with Gasteiger partial charge in [0.25, 0.3) is 10.0 Å². The van der Waals surface area contributed by atoms with Crippen molar-refractivity contribution in [1.82, 2.24) is 0 Å². The highest BCUT2D eigenvalue weighted by molar-refractivity contribution is 7.93. The summed E-state index contributed by atoms with van der Waals surface area (Å²) in [5.41, 5.74) is 0.0988. The molecule has 0 amide bonds. The number of rotatable bonds is 7. The van der Waals surface area contributed by atoms with Crippen LogP contribution in [0.25, 0.3) is 0 Å². The van der Waals surface area contributed by atoms with Crippen molar-refractivity contribution in [3.63, 3.8) is 0 Å². The topological polar surface area (TPSA) is 82.1 Å². The summed E-state index contributed by atoms with van der Waals surface area (Å²) in [4.78, 5) is 11.6. The maximum absolute atomic E-state index is 13.2. The highest BCUT2D eigenvalue weighted by Gasteiger charge is 2.31. The van der Waals surface area contributed by atoms with E-state index >= 15 is 0 Å². The van der Waals surface area contributed by atoms with Crippen molar-refractivity contribution in [2.75, 3.05) is 32.2 Å². The van der Waals surface area contributed by atoms with Crippen molar-refractivity contribution in [3.05, 3.63) is 48.3 Å². The Morgan fingerprint density at radius 1 is 1.04 bits per heavy atom. The molecule has 0 saturated carbocycles. The van der Waals surface area contributed by atoms with Gasteiger partial charge in [-0.25, -0.2) is 12.8 Å². The molecule has 0 aliphatic heterocycles. The number of nitrogens with zero attached hydrogens (tertiary/aromatic N) is 1. The lowest BCUT2D eigenvalue weighted by atomic mass is 10.3. The smallest absolute Gasteiger partial charge is 0.326 e. The molecule has 0 radical (unpaired) electrons. The summed E-state index contributed by atoms with van der Waals surface area (Å²) in [6.45, 7) is -0.592. The van der Waals surface area contributed by atoms with Gasteiger partial charge in [0.15, 0.2) is 0 Å². The van der Waals surface area contributed by atoms with Crippen LogP contribution in [0.1, 0.15) is 0 Å². The van der Waals surface area contributed by atoms with Gasteiger partial charge < -0.3 is 14.2 Å². The Hall–Kier alpha value is -2.81. The van der Waals surface area contributed by atoms with Gasteiger partial charge in [0.05, 0.1) is 27.0 Å². The molecular formula is C17H18FNO6S. The highest BCUT2D eigenvalue weighted by Crippen LogP contribution is 2.33. The first-order chi connectivity index (χ1) is 12.3. The van der Waals surface area contributed by atoms with Gasteiger partial charge in [-0.1, -0.05) is 0 Å². The molecule has 0 heterocycles. The van der Waals surface area contributed by atoms with Crippen LogP contribution in [0.3, 0.4) is 0 Å². The van der Waals surface area contributed by atoms with E-state index in [9.17, 15) is 17.6 Å². The standard InChI is InChI=1S/C17H18FNO6S/c1-23-14-8-9-15(24-2)16(10-14)26(21,22)19(11-17(20)25-3)13-6-4-12(18)5-7-13/h4-10H,11H2,1-3H3. The number of sulfonamides is 1. The molecule has 0 spiro atoms. The molecule has 2 aromatic rings. The quantitative estimate of drug-likeness (QED) is 0.682. The van der Waals surface area contributed by atoms with E-state index in [1.54, 1.807) is 6.07 Å². The number of ether oxygens (including phenoxy) is 3. The number of benzene rings is 2. The Morgan fingerprint density at radius 2 is 1.69 bits per heavy atom. The van der Waals surface area contributed by atoms with E-state index in [1.807, 2.05) is 0 Å². The lowest BCUT2D eigenvalue weighted by Gasteiger charge is -2.24. The summed E-state index contributed by atoms with van der Waals surface area (Å²) in [6.07, 6.45) is 0. The molecule has 0 saturated heterocycles. The molecule has 7 nitrogen and oxygen atoms in total. The van der Waals surface area contributed by atoms with Crippen molar-refractivity contribution < 1.29 is 31.8 Å². The number of carbonyl (C=O) groups is 1. The van der Waals surface area contributed by atoms with Crippen molar-refractivity contribution in [2.45, 2.75) is 4.90 Å². The van der Waals surface area contributed by atoms with Crippen molar-refractivity contribution >= 4 is 21.7 Å². The summed E-state index contributed by atoms with van der Waals surface area (Å²) >= 11 is 0. The molecule has 0 aliphatic carbocycles. The van der Waals surface area contributed by atoms with Crippen molar-refractivity contribution in [3.8, 4) is 11.5 Å². The summed E-state index contributed by atoms with van der Waals surface area (Å²) in [6, 6.07) is 8.95. The average Bonchev–Trinajstić information content (AvgIpc) is 2.66. The lowest BCUT2D eigenvalue weighted by Crippen LogP contribution is -2.36. The fourth-order valence-corrected chi connectivity index (χ4v) is 3.79. The molecule has 2 aromatic carbocycles. The third-order valence-electron chi connectivity index (χ3n) is 3.55. The molecule has 26 heavy (non-hydrogen) atoms. The summed E-state index contributed by atoms with van der Waals surface area (Å²) in [7, 11) is -0.384. The zero-order valence-corrected chi connectivity index (χ0v) is 15.2. The van der Waals surface area contributed by atoms with Crippen LogP contribution in [0.4, 0.5) is 10.1 Å². The number of hydrogen-bond donors (Lipinski definition) is 0. The van der Waals surface area contributed by atoms with Gasteiger partial charge in [-0.15, -0.1) is 0 Å². The predicted molar refractivity (Wildman–Crippen MR) is 92.5 cm³/mol. The SMILES string of the molecule is COC(=O)CN(c1ccc(F)cc1)S(=O)(=O)c1cc(OC)ccc1OC. The van der Waals surface area contributed by atoms with Gasteiger partial charge in [0.1, 0.15) is 28.8 Å². The molecule has 2 rings (SSSR count). The largest absolute Gasteiger partial charge is 0.497 e. The third kappa shape index (κ3) is 4.05. The maximum atomic E-state index is 13.2. The second-order valence-corrected chi connectivity index (χ2v) is 6.91. The maximum Gasteiger partial charge on any atom is 0.326 e. The normalized spacial score (nSPS) is 10.9. The first-order valence-corrected chi connectivity index (χ1v) is 8.84. The number of hydrogen-bond acceptors (Lipinski definition) is 6. The van der Waals surface area contributed by atoms with E-state index in [1.165, 1.54) is 38.5 Å². The summed E-state index contributed by atoms with van der Waals surface area (Å²) < 4.78 is 55.2. The van der Waals surface area contributed by atoms with Gasteiger partial charge in [-0.2, -0.15) is 0 Å². The average molecular weight is 383 g/mol. The molecule has 140 valence electrons. The molecule has 0 atom stereocenters. The number of anilines is 1. The second kappa shape index (κ2) is 8.05. The van der Waals surface area contributed by atoms with E-state index in [4.69, 9.17) is 9.47 Å². The van der Waals surface area contributed by atoms with Gasteiger partial charge in [0, 0.05) is 6.07 Å². The Bertz CT molecular complexity index is 883. The van der Waals surface area contributed by atoms with Crippen LogP contribution in [0.15, 0.2) is 47.4 Å². The van der Waals surface area contributed by atoms with Crippen LogP contribution in [-0.4, -0.2) is 42.3 Å². The summed E-state index contributed by atoms with van der Waals surface area (Å²) in [5, 5.41) is 0. The molecular weight excluding hydrogens is 365 g/mol. The van der Waals surface area contributed by atoms with Crippen LogP contribution in [0.5, 0.6) is 11.5 Å². The molecule has 9 heteroatoms. The van der Waals surface area contributed by atoms with Gasteiger partial charge in [-0.3, -0.25) is 9.10 Å². The van der Waals surface area contributed by atoms with E-state index in [2.05, 4.69) is 4.74 Å². The molecule has 0 bridgehead atoms. The van der Waals surface area contributed by atoms with Gasteiger partial charge in [-0.05, 0) is 36.4 Å². The van der Waals surface area contributed by atoms with Gasteiger partial charge in [0.2, 0.25) is 0 Å². The number of halogens is 1. The monoisotopic (exact) mass is 383 g/mol. The fourth-order valence-electron chi connectivity index (χ4n) is 2.21. The number of esters is 1. The Balaban J connectivity index is 2.62. The van der Waals surface area contributed by atoms with E-state index < -0.39 is 28.4 Å². The molecule has 0 aromatic heterocycles. The van der Waals surface area contributed by atoms with Crippen LogP contribution in [0.2, 0.25) is 0 Å². The van der Waals surface area contributed by atoms with E-state index in [0.29, 0.717) is 5.75 Å². The van der Waals surface area contributed by atoms with Crippen molar-refractivity contribution in [1.29, 1.82) is 0 Å². The van der Waals surface area contributed by atoms with Gasteiger partial charge >= 0.3 is 5.97 Å². The molecule has 0 N–H and O–H groups in total. The summed E-state index contributed by atoms with van der Waals surface area (Å²) in [5.74, 6) is -0.952. The minimum Gasteiger partial charge on any atom is -0.497 e. The zero-order chi connectivity index (χ0) is 19.3. The van der Waals surface area contributed by atoms with E-state index in [-0.39, 0.29) is 16.3 Å². The van der Waals surface area contributed by atoms with Crippen LogP contribution < -0.4 is 13.8 Å². The lowest BCUT2D eigenvalue weighted by molar-refractivity contribution is -0.138. The predicted octanol–water partition coefficient (Wildman–Crippen LogP) is 2.21. The van der Waals surface area contributed by atoms with Crippen LogP contribution in [-0.2, 0) is 19.6 Å². The Labute approximate surface area is 151 Å². The minimum absolute atomic E-state index is 0.0720. The molecule has 0 unspecified atom stereocenters. The minimum atomic E-state index is -4.24. The van der Waals surface area contributed by atoms with Crippen LogP contribution in [0, 0.1) is 5.82 Å². The first-order valence-electron chi connectivity index (χ1n) is 7.40. The number of methoxy groups -OCH3 is 3. The van der Waals surface area contributed by atoms with Crippen LogP contribution >= 0.6 is 0 Å². The fraction of sp³-hybridized carbons (Fsp3) is 0.235. The highest BCUT2D eigenvalue weighted by atomic mass is 32.2. The first kappa shape index (κ1) is 19.5. The number of carbonyl (C=O) groups excluding carboxylic acids is 1. The van der Waals surface area contributed by atoms with Crippen molar-refractivity contribution in [2.24, 2.45) is 0 Å². The molecule has 0 fully saturated rings. The third-order valence-corrected chi connectivity index (χ3v) is 5.35.